The predicted molar refractivity (Wildman–Crippen MR) is 89.8 cm³/mol. The van der Waals surface area contributed by atoms with Gasteiger partial charge in [0, 0.05) is 51.6 Å². The topological polar surface area (TPSA) is 79.0 Å². The maximum atomic E-state index is 12.1. The number of halogens is 2. The van der Waals surface area contributed by atoms with Gasteiger partial charge in [-0.25, -0.2) is 0 Å². The van der Waals surface area contributed by atoms with Crippen LogP contribution in [0.1, 0.15) is 19.8 Å². The van der Waals surface area contributed by atoms with Crippen molar-refractivity contribution in [2.24, 2.45) is 0 Å². The van der Waals surface area contributed by atoms with Crippen LogP contribution in [0.5, 0.6) is 5.75 Å². The maximum absolute atomic E-state index is 12.1. The average Bonchev–Trinajstić information content (AvgIpc) is 2.61. The molecule has 0 atom stereocenters. The Morgan fingerprint density at radius 1 is 1.04 bits per heavy atom. The third-order valence-corrected chi connectivity index (χ3v) is 4.01. The van der Waals surface area contributed by atoms with Crippen molar-refractivity contribution in [1.29, 1.82) is 0 Å². The first-order chi connectivity index (χ1) is 12.3. The summed E-state index contributed by atoms with van der Waals surface area (Å²) >= 11 is 0. The molecule has 3 amide bonds. The maximum Gasteiger partial charge on any atom is 0.387 e. The van der Waals surface area contributed by atoms with Crippen LogP contribution in [0.25, 0.3) is 0 Å². The molecule has 1 aromatic rings. The number of carbonyl (C=O) groups excluding carboxylic acids is 3. The van der Waals surface area contributed by atoms with Gasteiger partial charge in [-0.2, -0.15) is 8.78 Å². The van der Waals surface area contributed by atoms with Crippen LogP contribution in [0.2, 0.25) is 0 Å². The van der Waals surface area contributed by atoms with Crippen LogP contribution in [0.4, 0.5) is 14.5 Å². The molecule has 0 aliphatic carbocycles. The van der Waals surface area contributed by atoms with Crippen LogP contribution in [-0.2, 0) is 14.4 Å². The highest BCUT2D eigenvalue weighted by molar-refractivity contribution is 5.93. The third kappa shape index (κ3) is 5.98. The highest BCUT2D eigenvalue weighted by Gasteiger charge is 2.22. The monoisotopic (exact) mass is 369 g/mol. The molecule has 0 aromatic heterocycles. The lowest BCUT2D eigenvalue weighted by molar-refractivity contribution is -0.138. The molecule has 1 aliphatic rings. The van der Waals surface area contributed by atoms with E-state index in [1.807, 2.05) is 0 Å². The van der Waals surface area contributed by atoms with E-state index in [-0.39, 0.29) is 36.3 Å². The summed E-state index contributed by atoms with van der Waals surface area (Å²) < 4.78 is 28.4. The number of nitrogens with one attached hydrogen (secondary N) is 1. The van der Waals surface area contributed by atoms with E-state index in [1.54, 1.807) is 9.80 Å². The molecule has 142 valence electrons. The van der Waals surface area contributed by atoms with Gasteiger partial charge in [-0.15, -0.1) is 0 Å². The molecule has 26 heavy (non-hydrogen) atoms. The van der Waals surface area contributed by atoms with Gasteiger partial charge in [-0.1, -0.05) is 0 Å². The lowest BCUT2D eigenvalue weighted by Gasteiger charge is -2.34. The first kappa shape index (κ1) is 19.6. The van der Waals surface area contributed by atoms with E-state index in [2.05, 4.69) is 10.1 Å². The minimum absolute atomic E-state index is 0.00196. The van der Waals surface area contributed by atoms with Gasteiger partial charge < -0.3 is 19.9 Å². The van der Waals surface area contributed by atoms with Gasteiger partial charge in [0.2, 0.25) is 17.7 Å². The number of ether oxygens (including phenoxy) is 1. The van der Waals surface area contributed by atoms with Gasteiger partial charge in [-0.3, -0.25) is 14.4 Å². The van der Waals surface area contributed by atoms with E-state index in [9.17, 15) is 23.2 Å². The lowest BCUT2D eigenvalue weighted by atomic mass is 10.2. The highest BCUT2D eigenvalue weighted by atomic mass is 19.3. The molecule has 1 aliphatic heterocycles. The van der Waals surface area contributed by atoms with Crippen molar-refractivity contribution in [1.82, 2.24) is 9.80 Å². The summed E-state index contributed by atoms with van der Waals surface area (Å²) in [5.74, 6) is -0.494. The van der Waals surface area contributed by atoms with Crippen molar-refractivity contribution in [2.75, 3.05) is 31.5 Å². The molecule has 0 bridgehead atoms. The number of carbonyl (C=O) groups is 3. The Hall–Kier alpha value is -2.71. The van der Waals surface area contributed by atoms with E-state index >= 15 is 0 Å². The van der Waals surface area contributed by atoms with Crippen LogP contribution in [0, 0.1) is 0 Å². The Labute approximate surface area is 149 Å². The van der Waals surface area contributed by atoms with Crippen molar-refractivity contribution in [2.45, 2.75) is 26.4 Å². The van der Waals surface area contributed by atoms with Crippen LogP contribution in [0.15, 0.2) is 24.3 Å². The second kappa shape index (κ2) is 9.12. The van der Waals surface area contributed by atoms with Crippen LogP contribution >= 0.6 is 0 Å². The number of nitrogens with zero attached hydrogens (tertiary/aromatic N) is 2. The van der Waals surface area contributed by atoms with Crippen molar-refractivity contribution in [3.63, 3.8) is 0 Å². The van der Waals surface area contributed by atoms with Crippen molar-refractivity contribution < 1.29 is 27.9 Å². The van der Waals surface area contributed by atoms with Gasteiger partial charge in [-0.05, 0) is 24.3 Å². The first-order valence-electron chi connectivity index (χ1n) is 8.23. The zero-order chi connectivity index (χ0) is 19.1. The summed E-state index contributed by atoms with van der Waals surface area (Å²) in [5.41, 5.74) is 0.430. The normalized spacial score (nSPS) is 14.3. The molecule has 0 saturated carbocycles. The van der Waals surface area contributed by atoms with Crippen molar-refractivity contribution in [3.05, 3.63) is 24.3 Å². The van der Waals surface area contributed by atoms with Crippen LogP contribution in [-0.4, -0.2) is 60.3 Å². The number of rotatable bonds is 6. The largest absolute Gasteiger partial charge is 0.435 e. The van der Waals surface area contributed by atoms with E-state index in [0.717, 1.165) is 0 Å². The zero-order valence-electron chi connectivity index (χ0n) is 14.4. The van der Waals surface area contributed by atoms with Gasteiger partial charge >= 0.3 is 6.61 Å². The van der Waals surface area contributed by atoms with Crippen molar-refractivity contribution in [3.8, 4) is 5.75 Å². The molecule has 0 unspecified atom stereocenters. The molecule has 7 nitrogen and oxygen atoms in total. The molecule has 1 fully saturated rings. The summed E-state index contributed by atoms with van der Waals surface area (Å²) in [6, 6.07) is 5.53. The Bertz CT molecular complexity index is 644. The quantitative estimate of drug-likeness (QED) is 0.828. The summed E-state index contributed by atoms with van der Waals surface area (Å²) in [7, 11) is 0. The summed E-state index contributed by atoms with van der Waals surface area (Å²) in [6.07, 6.45) is 0.0829. The minimum Gasteiger partial charge on any atom is -0.435 e. The summed E-state index contributed by atoms with van der Waals surface area (Å²) in [6.45, 7) is 0.519. The Morgan fingerprint density at radius 2 is 1.62 bits per heavy atom. The van der Waals surface area contributed by atoms with E-state index in [0.29, 0.717) is 31.9 Å². The van der Waals surface area contributed by atoms with Crippen LogP contribution in [0.3, 0.4) is 0 Å². The molecule has 0 radical (unpaired) electrons. The molecule has 1 heterocycles. The number of anilines is 1. The Balaban J connectivity index is 1.73. The molecular formula is C17H21F2N3O4. The minimum atomic E-state index is -2.90. The number of benzene rings is 1. The van der Waals surface area contributed by atoms with Crippen molar-refractivity contribution >= 4 is 23.4 Å². The van der Waals surface area contributed by atoms with Gasteiger partial charge in [0.05, 0.1) is 0 Å². The number of piperazine rings is 1. The summed E-state index contributed by atoms with van der Waals surface area (Å²) in [5, 5.41) is 2.60. The second-order valence-electron chi connectivity index (χ2n) is 5.84. The van der Waals surface area contributed by atoms with E-state index < -0.39 is 6.61 Å². The fourth-order valence-electron chi connectivity index (χ4n) is 2.59. The molecular weight excluding hydrogens is 348 g/mol. The van der Waals surface area contributed by atoms with E-state index in [4.69, 9.17) is 0 Å². The zero-order valence-corrected chi connectivity index (χ0v) is 14.4. The standard InChI is InChI=1S/C17H21F2N3O4/c1-12(23)21-8-10-22(11-9-21)16(25)7-6-15(24)20-13-2-4-14(5-3-13)26-17(18)19/h2-5,17H,6-11H2,1H3,(H,20,24). The number of hydrogen-bond acceptors (Lipinski definition) is 4. The molecule has 1 aromatic carbocycles. The lowest BCUT2D eigenvalue weighted by Crippen LogP contribution is -2.50. The molecule has 2 rings (SSSR count). The third-order valence-electron chi connectivity index (χ3n) is 4.01. The molecule has 1 N–H and O–H groups in total. The number of hydrogen-bond donors (Lipinski definition) is 1. The Kier molecular flexibility index (Phi) is 6.88. The highest BCUT2D eigenvalue weighted by Crippen LogP contribution is 2.18. The fourth-order valence-corrected chi connectivity index (χ4v) is 2.59. The molecule has 9 heteroatoms. The first-order valence-corrected chi connectivity index (χ1v) is 8.23. The molecule has 1 saturated heterocycles. The average molecular weight is 369 g/mol. The fraction of sp³-hybridized carbons (Fsp3) is 0.471. The molecule has 0 spiro atoms. The van der Waals surface area contributed by atoms with Crippen LogP contribution < -0.4 is 10.1 Å². The Morgan fingerprint density at radius 3 is 2.15 bits per heavy atom. The van der Waals surface area contributed by atoms with E-state index in [1.165, 1.54) is 31.2 Å². The number of amides is 3. The van der Waals surface area contributed by atoms with Gasteiger partial charge in [0.1, 0.15) is 5.75 Å². The predicted octanol–water partition coefficient (Wildman–Crippen LogP) is 1.70. The summed E-state index contributed by atoms with van der Waals surface area (Å²) in [4.78, 5) is 38.6. The SMILES string of the molecule is CC(=O)N1CCN(C(=O)CCC(=O)Nc2ccc(OC(F)F)cc2)CC1. The van der Waals surface area contributed by atoms with Gasteiger partial charge in [0.15, 0.2) is 0 Å². The smallest absolute Gasteiger partial charge is 0.387 e. The van der Waals surface area contributed by atoms with Gasteiger partial charge in [0.25, 0.3) is 0 Å². The number of alkyl halides is 2. The second-order valence-corrected chi connectivity index (χ2v) is 5.84.